The molecule has 0 unspecified atom stereocenters. The number of likely N-dealkylation sites (tertiary alicyclic amines) is 2. The van der Waals surface area contributed by atoms with Gasteiger partial charge in [-0.05, 0) is 56.5 Å². The number of amides is 3. The van der Waals surface area contributed by atoms with Crippen LogP contribution < -0.4 is 11.1 Å². The van der Waals surface area contributed by atoms with Crippen molar-refractivity contribution in [2.45, 2.75) is 74.9 Å². The van der Waals surface area contributed by atoms with E-state index in [4.69, 9.17) is 26.8 Å². The van der Waals surface area contributed by atoms with Gasteiger partial charge in [0, 0.05) is 63.1 Å². The minimum Gasteiger partial charge on any atom is -0.438 e. The Hall–Kier alpha value is -3.71. The highest BCUT2D eigenvalue weighted by molar-refractivity contribution is 6.33. The molecular formula is C32H37ClF3N5O5. The lowest BCUT2D eigenvalue weighted by atomic mass is 9.82. The lowest BCUT2D eigenvalue weighted by Gasteiger charge is -2.44. The molecule has 1 saturated carbocycles. The van der Waals surface area contributed by atoms with Gasteiger partial charge >= 0.3 is 18.4 Å². The number of nitrogens with two attached hydrogens (primary N) is 1. The van der Waals surface area contributed by atoms with Gasteiger partial charge in [-0.3, -0.25) is 10.1 Å². The van der Waals surface area contributed by atoms with E-state index in [1.807, 2.05) is 18.2 Å². The van der Waals surface area contributed by atoms with Crippen LogP contribution >= 0.6 is 11.6 Å². The average molecular weight is 664 g/mol. The summed E-state index contributed by atoms with van der Waals surface area (Å²) >= 11 is 6.08. The number of piperidine rings is 2. The molecule has 3 N–H and O–H groups in total. The number of rotatable bonds is 6. The number of fused-ring (bicyclic) bond motifs is 2. The van der Waals surface area contributed by atoms with Crippen LogP contribution in [-0.4, -0.2) is 84.2 Å². The van der Waals surface area contributed by atoms with Crippen molar-refractivity contribution in [2.24, 2.45) is 0 Å². The fourth-order valence-corrected chi connectivity index (χ4v) is 7.11. The van der Waals surface area contributed by atoms with Gasteiger partial charge in [-0.15, -0.1) is 0 Å². The first-order chi connectivity index (χ1) is 21.8. The molecule has 3 amide bonds. The molecule has 2 aromatic rings. The Morgan fingerprint density at radius 3 is 2.39 bits per heavy atom. The molecule has 1 aliphatic carbocycles. The Labute approximate surface area is 269 Å². The Bertz CT molecular complexity index is 1500. The Balaban J connectivity index is 1.18. The third-order valence-corrected chi connectivity index (χ3v) is 9.99. The molecule has 14 heteroatoms. The zero-order chi connectivity index (χ0) is 32.8. The molecule has 10 nitrogen and oxygen atoms in total. The highest BCUT2D eigenvalue weighted by Crippen LogP contribution is 2.44. The second-order valence-corrected chi connectivity index (χ2v) is 13.0. The van der Waals surface area contributed by atoms with Gasteiger partial charge < -0.3 is 29.9 Å². The van der Waals surface area contributed by atoms with Crippen molar-refractivity contribution in [1.82, 2.24) is 14.7 Å². The van der Waals surface area contributed by atoms with Gasteiger partial charge in [-0.1, -0.05) is 29.8 Å². The Kier molecular flexibility index (Phi) is 8.75. The van der Waals surface area contributed by atoms with E-state index < -0.39 is 47.2 Å². The van der Waals surface area contributed by atoms with Crippen molar-refractivity contribution in [1.29, 1.82) is 0 Å². The maximum absolute atomic E-state index is 13.9. The molecule has 1 spiro atoms. The van der Waals surface area contributed by atoms with Gasteiger partial charge in [-0.2, -0.15) is 13.2 Å². The topological polar surface area (TPSA) is 117 Å². The van der Waals surface area contributed by atoms with Gasteiger partial charge in [-0.25, -0.2) is 9.59 Å². The molecule has 0 radical (unpaired) electrons. The summed E-state index contributed by atoms with van der Waals surface area (Å²) in [5, 5.41) is 2.40. The fourth-order valence-electron chi connectivity index (χ4n) is 6.87. The molecule has 3 fully saturated rings. The third-order valence-electron chi connectivity index (χ3n) is 9.68. The number of halogens is 4. The van der Waals surface area contributed by atoms with Crippen molar-refractivity contribution < 1.29 is 37.0 Å². The van der Waals surface area contributed by atoms with Gasteiger partial charge in [0.2, 0.25) is 0 Å². The number of carbonyl (C=O) groups is 3. The van der Waals surface area contributed by atoms with Crippen molar-refractivity contribution in [3.63, 3.8) is 0 Å². The normalized spacial score (nSPS) is 20.6. The zero-order valence-corrected chi connectivity index (χ0v) is 26.2. The van der Waals surface area contributed by atoms with Gasteiger partial charge in [0.15, 0.2) is 6.10 Å². The highest BCUT2D eigenvalue weighted by Gasteiger charge is 2.46. The lowest BCUT2D eigenvalue weighted by molar-refractivity contribution is -0.142. The predicted octanol–water partition coefficient (Wildman–Crippen LogP) is 5.63. The van der Waals surface area contributed by atoms with Crippen molar-refractivity contribution in [3.05, 3.63) is 58.1 Å². The van der Waals surface area contributed by atoms with Crippen LogP contribution in [0.25, 0.3) is 0 Å². The Morgan fingerprint density at radius 2 is 1.74 bits per heavy atom. The van der Waals surface area contributed by atoms with E-state index in [9.17, 15) is 27.6 Å². The molecule has 248 valence electrons. The van der Waals surface area contributed by atoms with E-state index in [0.717, 1.165) is 24.5 Å². The van der Waals surface area contributed by atoms with E-state index >= 15 is 0 Å². The number of benzene rings is 2. The zero-order valence-electron chi connectivity index (χ0n) is 25.4. The van der Waals surface area contributed by atoms with Crippen LogP contribution in [0.15, 0.2) is 36.4 Å². The highest BCUT2D eigenvalue weighted by atomic mass is 35.5. The monoisotopic (exact) mass is 663 g/mol. The molecule has 3 heterocycles. The van der Waals surface area contributed by atoms with Crippen LogP contribution in [0.1, 0.15) is 55.2 Å². The minimum atomic E-state index is -4.77. The number of hydrogen-bond acceptors (Lipinski definition) is 7. The smallest absolute Gasteiger partial charge is 0.418 e. The van der Waals surface area contributed by atoms with E-state index in [1.54, 1.807) is 11.0 Å². The Morgan fingerprint density at radius 1 is 1.09 bits per heavy atom. The maximum atomic E-state index is 13.9. The number of para-hydroxylation sites is 1. The first kappa shape index (κ1) is 32.2. The summed E-state index contributed by atoms with van der Waals surface area (Å²) in [5.41, 5.74) is 4.51. The first-order valence-electron chi connectivity index (χ1n) is 15.6. The van der Waals surface area contributed by atoms with E-state index in [0.29, 0.717) is 43.7 Å². The van der Waals surface area contributed by atoms with Gasteiger partial charge in [0.05, 0.1) is 22.0 Å². The second kappa shape index (κ2) is 12.5. The quantitative estimate of drug-likeness (QED) is 0.385. The molecule has 6 rings (SSSR count). The van der Waals surface area contributed by atoms with Crippen molar-refractivity contribution in [3.8, 4) is 0 Å². The first-order valence-corrected chi connectivity index (χ1v) is 15.9. The minimum absolute atomic E-state index is 0.0665. The van der Waals surface area contributed by atoms with Crippen LogP contribution in [0.4, 0.5) is 34.1 Å². The summed E-state index contributed by atoms with van der Waals surface area (Å²) < 4.78 is 52.7. The lowest BCUT2D eigenvalue weighted by Crippen LogP contribution is -2.52. The van der Waals surface area contributed by atoms with Gasteiger partial charge in [0.1, 0.15) is 5.60 Å². The maximum Gasteiger partial charge on any atom is 0.418 e. The van der Waals surface area contributed by atoms with Crippen LogP contribution in [0.2, 0.25) is 5.02 Å². The molecule has 4 aliphatic rings. The molecule has 0 aromatic heterocycles. The van der Waals surface area contributed by atoms with E-state index in [1.165, 1.54) is 23.8 Å². The van der Waals surface area contributed by atoms with Gasteiger partial charge in [0.25, 0.3) is 5.91 Å². The molecule has 3 aliphatic heterocycles. The molecule has 2 saturated heterocycles. The SMILES string of the molecule is CN(C1CC1)C1CCN(C(=O)[C@@H](Cc2cc(Cl)c(N)c(C(F)(F)F)c2)OC(=O)N2CCC3(CC2)OC(=O)Nc2ccccc23)CC1. The molecule has 1 atom stereocenters. The number of nitrogen functional groups attached to an aromatic ring is 1. The predicted molar refractivity (Wildman–Crippen MR) is 164 cm³/mol. The summed E-state index contributed by atoms with van der Waals surface area (Å²) in [6.45, 7) is 1.23. The van der Waals surface area contributed by atoms with E-state index in [2.05, 4.69) is 17.3 Å². The van der Waals surface area contributed by atoms with Crippen LogP contribution in [-0.2, 0) is 32.5 Å². The summed E-state index contributed by atoms with van der Waals surface area (Å²) in [4.78, 5) is 45.1. The summed E-state index contributed by atoms with van der Waals surface area (Å²) in [7, 11) is 2.10. The molecular weight excluding hydrogens is 627 g/mol. The van der Waals surface area contributed by atoms with Crippen LogP contribution in [0.5, 0.6) is 0 Å². The number of nitrogens with zero attached hydrogens (tertiary/aromatic N) is 3. The molecule has 0 bridgehead atoms. The van der Waals surface area contributed by atoms with E-state index in [-0.39, 0.29) is 30.1 Å². The summed E-state index contributed by atoms with van der Waals surface area (Å²) in [5.74, 6) is -0.475. The number of alkyl halides is 3. The summed E-state index contributed by atoms with van der Waals surface area (Å²) in [6.07, 6.45) is -3.40. The average Bonchev–Trinajstić information content (AvgIpc) is 3.87. The summed E-state index contributed by atoms with van der Waals surface area (Å²) in [6, 6.07) is 10.3. The van der Waals surface area contributed by atoms with Crippen molar-refractivity contribution in [2.75, 3.05) is 44.3 Å². The van der Waals surface area contributed by atoms with Crippen LogP contribution in [0.3, 0.4) is 0 Å². The third kappa shape index (κ3) is 6.57. The molecule has 46 heavy (non-hydrogen) atoms. The number of ether oxygens (including phenoxy) is 2. The van der Waals surface area contributed by atoms with Crippen molar-refractivity contribution >= 4 is 41.1 Å². The largest absolute Gasteiger partial charge is 0.438 e. The van der Waals surface area contributed by atoms with Crippen LogP contribution in [0, 0.1) is 0 Å². The molecule has 2 aromatic carbocycles. The second-order valence-electron chi connectivity index (χ2n) is 12.6. The standard InChI is InChI=1S/C32H37ClF3N5O5/c1-39(20-6-7-20)21-8-12-40(13-9-21)28(42)26(18-19-16-23(32(34,35)36)27(37)24(33)17-19)45-30(44)41-14-10-31(11-15-41)22-4-2-3-5-25(22)38-29(43)46-31/h2-5,16-17,20-21,26H,6-15,18,37H2,1H3,(H,38,43)/t26-/m1/s1. The fraction of sp³-hybridized carbons (Fsp3) is 0.531. The number of nitrogens with one attached hydrogen (secondary N) is 1. The number of hydrogen-bond donors (Lipinski definition) is 2. The number of carbonyl (C=O) groups excluding carboxylic acids is 3. The number of anilines is 2.